The Labute approximate surface area is 276 Å². The average Bonchev–Trinajstić information content (AvgIpc) is 3.55. The van der Waals surface area contributed by atoms with E-state index in [1.165, 1.54) is 6.08 Å². The van der Waals surface area contributed by atoms with E-state index in [0.29, 0.717) is 12.8 Å². The van der Waals surface area contributed by atoms with Gasteiger partial charge >= 0.3 is 12.1 Å². The standard InChI is InChI=1S/C36H47N3O8/c1-3-13-29(21-32(41)39-36(26-40)19-11-12-20-36)33(42)37-30(24-45-22-27-15-7-5-8-16-27)25-46-34(43)31(14-4-2)38-35(44)47-23-28-17-9-6-10-18-28/h3-10,15-18,29-31,40H,1-2,11-14,19-26H2,(H,37,42)(H,38,44)(H,39,41)/t29-,30-,31+/m0/s1. The van der Waals surface area contributed by atoms with Gasteiger partial charge in [-0.25, -0.2) is 9.59 Å². The molecule has 1 fully saturated rings. The fourth-order valence-electron chi connectivity index (χ4n) is 5.34. The highest BCUT2D eigenvalue weighted by Gasteiger charge is 2.35. The lowest BCUT2D eigenvalue weighted by molar-refractivity contribution is -0.148. The number of nitrogens with one attached hydrogen (secondary N) is 3. The predicted octanol–water partition coefficient (Wildman–Crippen LogP) is 4.11. The van der Waals surface area contributed by atoms with Crippen LogP contribution in [-0.2, 0) is 41.8 Å². The number of hydrogen-bond donors (Lipinski definition) is 4. The Morgan fingerprint density at radius 3 is 2.04 bits per heavy atom. The van der Waals surface area contributed by atoms with Crippen LogP contribution in [0.4, 0.5) is 4.79 Å². The number of hydrogen-bond acceptors (Lipinski definition) is 8. The molecule has 0 spiro atoms. The van der Waals surface area contributed by atoms with Crippen LogP contribution in [0.2, 0.25) is 0 Å². The van der Waals surface area contributed by atoms with Crippen molar-refractivity contribution in [1.29, 1.82) is 0 Å². The Bertz CT molecular complexity index is 1300. The van der Waals surface area contributed by atoms with Crippen molar-refractivity contribution >= 4 is 23.9 Å². The maximum absolute atomic E-state index is 13.4. The van der Waals surface area contributed by atoms with Gasteiger partial charge in [-0.3, -0.25) is 9.59 Å². The molecule has 2 aromatic rings. The third-order valence-corrected chi connectivity index (χ3v) is 7.92. The molecule has 0 heterocycles. The monoisotopic (exact) mass is 649 g/mol. The first-order chi connectivity index (χ1) is 22.8. The summed E-state index contributed by atoms with van der Waals surface area (Å²) in [6.07, 6.45) is 5.68. The lowest BCUT2D eigenvalue weighted by Gasteiger charge is -2.29. The van der Waals surface area contributed by atoms with E-state index in [2.05, 4.69) is 29.1 Å². The number of rotatable bonds is 20. The highest BCUT2D eigenvalue weighted by molar-refractivity contribution is 5.86. The smallest absolute Gasteiger partial charge is 0.408 e. The zero-order valence-corrected chi connectivity index (χ0v) is 26.9. The Morgan fingerprint density at radius 2 is 1.45 bits per heavy atom. The first-order valence-electron chi connectivity index (χ1n) is 16.0. The molecule has 0 aliphatic heterocycles. The molecule has 3 amide bonds. The topological polar surface area (TPSA) is 152 Å². The van der Waals surface area contributed by atoms with Crippen molar-refractivity contribution < 1.29 is 38.5 Å². The van der Waals surface area contributed by atoms with Gasteiger partial charge < -0.3 is 35.3 Å². The van der Waals surface area contributed by atoms with E-state index in [1.807, 2.05) is 60.7 Å². The molecule has 3 rings (SSSR count). The van der Waals surface area contributed by atoms with Gasteiger partial charge in [0.2, 0.25) is 11.8 Å². The van der Waals surface area contributed by atoms with Gasteiger partial charge in [0.1, 0.15) is 19.3 Å². The number of allylic oxidation sites excluding steroid dienone is 1. The summed E-state index contributed by atoms with van der Waals surface area (Å²) in [7, 11) is 0. The summed E-state index contributed by atoms with van der Waals surface area (Å²) in [5, 5.41) is 18.2. The van der Waals surface area contributed by atoms with Gasteiger partial charge in [-0.2, -0.15) is 0 Å². The second-order valence-corrected chi connectivity index (χ2v) is 11.7. The van der Waals surface area contributed by atoms with Crippen LogP contribution in [-0.4, -0.2) is 66.4 Å². The molecule has 1 aliphatic carbocycles. The van der Waals surface area contributed by atoms with Gasteiger partial charge in [0, 0.05) is 6.42 Å². The van der Waals surface area contributed by atoms with Crippen molar-refractivity contribution in [2.75, 3.05) is 19.8 Å². The molecule has 2 aromatic carbocycles. The van der Waals surface area contributed by atoms with Gasteiger partial charge in [-0.1, -0.05) is 85.7 Å². The maximum Gasteiger partial charge on any atom is 0.408 e. The van der Waals surface area contributed by atoms with Crippen LogP contribution in [0.15, 0.2) is 86.0 Å². The largest absolute Gasteiger partial charge is 0.462 e. The SMILES string of the molecule is C=CC[C@@H](CC(=O)NC1(CO)CCCC1)C(=O)N[C@@H](COCc1ccccc1)COC(=O)[C@@H](CC=C)NC(=O)OCc1ccccc1. The minimum atomic E-state index is -1.07. The van der Waals surface area contributed by atoms with Crippen LogP contribution in [0, 0.1) is 5.92 Å². The van der Waals surface area contributed by atoms with E-state index in [1.54, 1.807) is 6.08 Å². The van der Waals surface area contributed by atoms with Crippen LogP contribution < -0.4 is 16.0 Å². The number of benzene rings is 2. The number of carbonyl (C=O) groups is 4. The molecular weight excluding hydrogens is 602 g/mol. The number of aliphatic hydroxyl groups excluding tert-OH is 1. The lowest BCUT2D eigenvalue weighted by Crippen LogP contribution is -2.51. The lowest BCUT2D eigenvalue weighted by atomic mass is 9.95. The Morgan fingerprint density at radius 1 is 0.830 bits per heavy atom. The van der Waals surface area contributed by atoms with Crippen molar-refractivity contribution in [2.24, 2.45) is 5.92 Å². The van der Waals surface area contributed by atoms with Gasteiger partial charge in [0.25, 0.3) is 0 Å². The number of ether oxygens (including phenoxy) is 3. The molecule has 11 nitrogen and oxygen atoms in total. The molecule has 0 unspecified atom stereocenters. The maximum atomic E-state index is 13.4. The van der Waals surface area contributed by atoms with Crippen LogP contribution in [0.25, 0.3) is 0 Å². The molecule has 4 N–H and O–H groups in total. The van der Waals surface area contributed by atoms with Crippen molar-refractivity contribution in [3.8, 4) is 0 Å². The number of aliphatic hydroxyl groups is 1. The normalized spacial score (nSPS) is 15.3. The Kier molecular flexibility index (Phi) is 15.7. The van der Waals surface area contributed by atoms with Crippen LogP contribution in [0.5, 0.6) is 0 Å². The second kappa shape index (κ2) is 19.9. The summed E-state index contributed by atoms with van der Waals surface area (Å²) >= 11 is 0. The quantitative estimate of drug-likeness (QED) is 0.124. The molecule has 1 aliphatic rings. The van der Waals surface area contributed by atoms with Gasteiger partial charge in [0.15, 0.2) is 0 Å². The van der Waals surface area contributed by atoms with Crippen LogP contribution in [0.1, 0.15) is 56.1 Å². The highest BCUT2D eigenvalue weighted by atomic mass is 16.6. The van der Waals surface area contributed by atoms with E-state index in [0.717, 1.165) is 24.0 Å². The molecule has 1 saturated carbocycles. The average molecular weight is 650 g/mol. The highest BCUT2D eigenvalue weighted by Crippen LogP contribution is 2.29. The minimum Gasteiger partial charge on any atom is -0.462 e. The van der Waals surface area contributed by atoms with E-state index >= 15 is 0 Å². The molecule has 0 saturated heterocycles. The second-order valence-electron chi connectivity index (χ2n) is 11.7. The first kappa shape index (κ1) is 37.0. The van der Waals surface area contributed by atoms with Crippen molar-refractivity contribution in [3.63, 3.8) is 0 Å². The number of amides is 3. The summed E-state index contributed by atoms with van der Waals surface area (Å²) in [6.45, 7) is 7.28. The number of esters is 1. The van der Waals surface area contributed by atoms with Gasteiger partial charge in [-0.05, 0) is 36.8 Å². The Balaban J connectivity index is 1.61. The van der Waals surface area contributed by atoms with Gasteiger partial charge in [0.05, 0.1) is 37.3 Å². The summed E-state index contributed by atoms with van der Waals surface area (Å²) < 4.78 is 16.6. The predicted molar refractivity (Wildman–Crippen MR) is 177 cm³/mol. The number of alkyl carbamates (subject to hydrolysis) is 1. The molecule has 0 radical (unpaired) electrons. The van der Waals surface area contributed by atoms with Crippen LogP contribution >= 0.6 is 0 Å². The van der Waals surface area contributed by atoms with E-state index in [9.17, 15) is 24.3 Å². The van der Waals surface area contributed by atoms with Gasteiger partial charge in [-0.15, -0.1) is 13.2 Å². The van der Waals surface area contributed by atoms with Crippen molar-refractivity contribution in [2.45, 2.75) is 75.8 Å². The molecule has 3 atom stereocenters. The summed E-state index contributed by atoms with van der Waals surface area (Å²) in [4.78, 5) is 51.9. The summed E-state index contributed by atoms with van der Waals surface area (Å²) in [6, 6.07) is 16.7. The zero-order valence-electron chi connectivity index (χ0n) is 26.9. The van der Waals surface area contributed by atoms with Crippen LogP contribution in [0.3, 0.4) is 0 Å². The fourth-order valence-corrected chi connectivity index (χ4v) is 5.34. The third kappa shape index (κ3) is 13.0. The first-order valence-corrected chi connectivity index (χ1v) is 16.0. The van der Waals surface area contributed by atoms with E-state index < -0.39 is 41.5 Å². The molecule has 0 bridgehead atoms. The molecule has 11 heteroatoms. The fraction of sp³-hybridized carbons (Fsp3) is 0.444. The van der Waals surface area contributed by atoms with E-state index in [-0.39, 0.29) is 58.2 Å². The summed E-state index contributed by atoms with van der Waals surface area (Å²) in [5.41, 5.74) is 1.06. The minimum absolute atomic E-state index is 0.00716. The summed E-state index contributed by atoms with van der Waals surface area (Å²) in [5.74, 6) is -2.24. The number of carbonyl (C=O) groups excluding carboxylic acids is 4. The molecule has 254 valence electrons. The Hall–Kier alpha value is -4.48. The molecule has 47 heavy (non-hydrogen) atoms. The van der Waals surface area contributed by atoms with Crippen molar-refractivity contribution in [3.05, 3.63) is 97.1 Å². The third-order valence-electron chi connectivity index (χ3n) is 7.92. The zero-order chi connectivity index (χ0) is 33.9. The van der Waals surface area contributed by atoms with Crippen molar-refractivity contribution in [1.82, 2.24) is 16.0 Å². The molecule has 0 aromatic heterocycles. The molecular formula is C36H47N3O8. The van der Waals surface area contributed by atoms with E-state index in [4.69, 9.17) is 14.2 Å².